The second-order valence-corrected chi connectivity index (χ2v) is 5.41. The van der Waals surface area contributed by atoms with Crippen molar-refractivity contribution in [2.45, 2.75) is 32.7 Å². The second-order valence-electron chi connectivity index (χ2n) is 5.41. The van der Waals surface area contributed by atoms with Gasteiger partial charge in [0.05, 0.1) is 0 Å². The largest absolute Gasteiger partial charge is 0.370 e. The number of amides is 2. The van der Waals surface area contributed by atoms with Gasteiger partial charge in [-0.2, -0.15) is 4.99 Å². The van der Waals surface area contributed by atoms with E-state index in [4.69, 9.17) is 11.5 Å². The molecule has 1 atom stereocenters. The maximum Gasteiger partial charge on any atom is 0.271 e. The Morgan fingerprint density at radius 1 is 1.19 bits per heavy atom. The van der Waals surface area contributed by atoms with Crippen LogP contribution < -0.4 is 11.5 Å². The summed E-state index contributed by atoms with van der Waals surface area (Å²) in [4.78, 5) is 29.7. The molecule has 6 heteroatoms. The maximum atomic E-state index is 12.6. The highest BCUT2D eigenvalue weighted by Gasteiger charge is 2.34. The third-order valence-corrected chi connectivity index (χ3v) is 3.51. The van der Waals surface area contributed by atoms with Gasteiger partial charge < -0.3 is 16.4 Å². The zero-order valence-electron chi connectivity index (χ0n) is 12.3. The van der Waals surface area contributed by atoms with Gasteiger partial charge in [0.15, 0.2) is 5.96 Å². The zero-order valence-corrected chi connectivity index (χ0v) is 12.3. The molecule has 21 heavy (non-hydrogen) atoms. The summed E-state index contributed by atoms with van der Waals surface area (Å²) in [6, 6.07) is 5.09. The molecule has 1 aromatic rings. The first-order valence-corrected chi connectivity index (χ1v) is 6.91. The number of nitrogens with two attached hydrogens (primary N) is 2. The summed E-state index contributed by atoms with van der Waals surface area (Å²) in [6.45, 7) is 4.42. The highest BCUT2D eigenvalue weighted by Crippen LogP contribution is 2.22. The predicted molar refractivity (Wildman–Crippen MR) is 80.8 cm³/mol. The molecular formula is C15H20N4O2. The lowest BCUT2D eigenvalue weighted by Crippen LogP contribution is -2.41. The minimum Gasteiger partial charge on any atom is -0.370 e. The number of rotatable bonds is 2. The van der Waals surface area contributed by atoms with Crippen LogP contribution in [0, 0.1) is 13.8 Å². The molecule has 0 aliphatic carbocycles. The van der Waals surface area contributed by atoms with Gasteiger partial charge in [-0.05, 0) is 38.8 Å². The van der Waals surface area contributed by atoms with Crippen molar-refractivity contribution in [3.05, 3.63) is 34.9 Å². The summed E-state index contributed by atoms with van der Waals surface area (Å²) < 4.78 is 0. The van der Waals surface area contributed by atoms with E-state index in [0.717, 1.165) is 17.5 Å². The van der Waals surface area contributed by atoms with Crippen LogP contribution in [0.1, 0.15) is 34.3 Å². The zero-order chi connectivity index (χ0) is 15.6. The van der Waals surface area contributed by atoms with Crippen molar-refractivity contribution in [1.29, 1.82) is 0 Å². The van der Waals surface area contributed by atoms with Gasteiger partial charge in [0.2, 0.25) is 0 Å². The fourth-order valence-corrected chi connectivity index (χ4v) is 2.73. The van der Waals surface area contributed by atoms with Gasteiger partial charge >= 0.3 is 0 Å². The third-order valence-electron chi connectivity index (χ3n) is 3.51. The molecule has 1 fully saturated rings. The van der Waals surface area contributed by atoms with Crippen molar-refractivity contribution in [3.63, 3.8) is 0 Å². The average molecular weight is 288 g/mol. The first-order valence-electron chi connectivity index (χ1n) is 6.91. The number of hydrogen-bond donors (Lipinski definition) is 2. The molecule has 2 rings (SSSR count). The lowest BCUT2D eigenvalue weighted by atomic mass is 10.1. The summed E-state index contributed by atoms with van der Waals surface area (Å²) >= 11 is 0. The molecule has 4 N–H and O–H groups in total. The van der Waals surface area contributed by atoms with E-state index < -0.39 is 11.9 Å². The average Bonchev–Trinajstić information content (AvgIpc) is 2.84. The van der Waals surface area contributed by atoms with Crippen molar-refractivity contribution < 1.29 is 9.59 Å². The van der Waals surface area contributed by atoms with Crippen LogP contribution in [0.4, 0.5) is 0 Å². The Hall–Kier alpha value is -2.37. The van der Waals surface area contributed by atoms with Crippen molar-refractivity contribution in [2.24, 2.45) is 16.5 Å². The quantitative estimate of drug-likeness (QED) is 0.618. The van der Waals surface area contributed by atoms with E-state index in [-0.39, 0.29) is 11.9 Å². The van der Waals surface area contributed by atoms with E-state index >= 15 is 0 Å². The number of hydrogen-bond acceptors (Lipinski definition) is 2. The van der Waals surface area contributed by atoms with Crippen LogP contribution in [0.2, 0.25) is 0 Å². The van der Waals surface area contributed by atoms with Crippen LogP contribution in [0.3, 0.4) is 0 Å². The van der Waals surface area contributed by atoms with Crippen LogP contribution in [-0.2, 0) is 4.79 Å². The summed E-state index contributed by atoms with van der Waals surface area (Å²) in [7, 11) is 0. The van der Waals surface area contributed by atoms with Crippen molar-refractivity contribution >= 4 is 17.8 Å². The molecule has 0 saturated carbocycles. The minimum atomic E-state index is -0.569. The van der Waals surface area contributed by atoms with Crippen LogP contribution in [0.5, 0.6) is 0 Å². The first kappa shape index (κ1) is 15.0. The Morgan fingerprint density at radius 2 is 1.81 bits per heavy atom. The van der Waals surface area contributed by atoms with E-state index in [9.17, 15) is 9.59 Å². The molecule has 2 amide bonds. The van der Waals surface area contributed by atoms with Crippen LogP contribution >= 0.6 is 0 Å². The van der Waals surface area contributed by atoms with Gasteiger partial charge in [0.25, 0.3) is 11.8 Å². The molecule has 6 nitrogen and oxygen atoms in total. The van der Waals surface area contributed by atoms with Crippen LogP contribution in [-0.4, -0.2) is 35.3 Å². The number of carbonyl (C=O) groups excluding carboxylic acids is 2. The van der Waals surface area contributed by atoms with Crippen LogP contribution in [0.15, 0.2) is 23.2 Å². The summed E-state index contributed by atoms with van der Waals surface area (Å²) in [5, 5.41) is 0. The Morgan fingerprint density at radius 3 is 2.38 bits per heavy atom. The molecule has 1 unspecified atom stereocenters. The molecular weight excluding hydrogens is 268 g/mol. The minimum absolute atomic E-state index is 0.150. The smallest absolute Gasteiger partial charge is 0.271 e. The first-order chi connectivity index (χ1) is 9.88. The number of aliphatic imine (C=N–C) groups is 1. The molecule has 1 saturated heterocycles. The Balaban J connectivity index is 2.25. The van der Waals surface area contributed by atoms with Gasteiger partial charge in [-0.3, -0.25) is 9.59 Å². The lowest BCUT2D eigenvalue weighted by molar-refractivity contribution is -0.121. The van der Waals surface area contributed by atoms with E-state index in [1.165, 1.54) is 0 Å². The Bertz CT molecular complexity index is 585. The number of carbonyl (C=O) groups is 2. The maximum absolute atomic E-state index is 12.6. The van der Waals surface area contributed by atoms with Crippen LogP contribution in [0.25, 0.3) is 0 Å². The molecule has 1 aliphatic rings. The van der Waals surface area contributed by atoms with Gasteiger partial charge in [-0.25, -0.2) is 0 Å². The molecule has 1 aromatic carbocycles. The number of benzene rings is 1. The van der Waals surface area contributed by atoms with E-state index in [0.29, 0.717) is 18.5 Å². The topological polar surface area (TPSA) is 102 Å². The van der Waals surface area contributed by atoms with Gasteiger partial charge in [0.1, 0.15) is 6.04 Å². The standard InChI is InChI=1S/C15H20N4O2/c1-9-6-10(2)8-11(7-9)14(21)19-5-3-4-12(19)13(20)18-15(16)17/h6-8,12H,3-5H2,1-2H3,(H4,16,17,18,20). The van der Waals surface area contributed by atoms with Crippen molar-refractivity contribution in [3.8, 4) is 0 Å². The highest BCUT2D eigenvalue weighted by atomic mass is 16.2. The van der Waals surface area contributed by atoms with Crippen molar-refractivity contribution in [1.82, 2.24) is 4.90 Å². The third kappa shape index (κ3) is 3.39. The number of aryl methyl sites for hydroxylation is 2. The number of guanidine groups is 1. The van der Waals surface area contributed by atoms with E-state index in [1.54, 1.807) is 4.90 Å². The number of likely N-dealkylation sites (tertiary alicyclic amines) is 1. The molecule has 1 heterocycles. The second kappa shape index (κ2) is 5.95. The number of nitrogens with zero attached hydrogens (tertiary/aromatic N) is 2. The van der Waals surface area contributed by atoms with Gasteiger partial charge in [-0.15, -0.1) is 0 Å². The molecule has 0 bridgehead atoms. The molecule has 1 aliphatic heterocycles. The van der Waals surface area contributed by atoms with Gasteiger partial charge in [-0.1, -0.05) is 17.2 Å². The summed E-state index contributed by atoms with van der Waals surface area (Å²) in [5.41, 5.74) is 13.1. The molecule has 0 radical (unpaired) electrons. The van der Waals surface area contributed by atoms with E-state index in [1.807, 2.05) is 32.0 Å². The molecule has 0 spiro atoms. The SMILES string of the molecule is Cc1cc(C)cc(C(=O)N2CCCC2C(=O)N=C(N)N)c1. The monoisotopic (exact) mass is 288 g/mol. The van der Waals surface area contributed by atoms with Gasteiger partial charge in [0, 0.05) is 12.1 Å². The highest BCUT2D eigenvalue weighted by molar-refractivity contribution is 6.00. The fourth-order valence-electron chi connectivity index (χ4n) is 2.73. The summed E-state index contributed by atoms with van der Waals surface area (Å²) in [5.74, 6) is -0.876. The lowest BCUT2D eigenvalue weighted by Gasteiger charge is -2.22. The van der Waals surface area contributed by atoms with Crippen molar-refractivity contribution in [2.75, 3.05) is 6.54 Å². The molecule has 0 aromatic heterocycles. The predicted octanol–water partition coefficient (Wildman–Crippen LogP) is 0.708. The van der Waals surface area contributed by atoms with E-state index in [2.05, 4.69) is 4.99 Å². The fraction of sp³-hybridized carbons (Fsp3) is 0.400. The Labute approximate surface area is 123 Å². The Kier molecular flexibility index (Phi) is 4.26. The molecule has 112 valence electrons. The normalized spacial score (nSPS) is 17.6. The summed E-state index contributed by atoms with van der Waals surface area (Å²) in [6.07, 6.45) is 1.36.